The van der Waals surface area contributed by atoms with Gasteiger partial charge in [-0.25, -0.2) is 0 Å². The second-order valence-corrected chi connectivity index (χ2v) is 6.59. The van der Waals surface area contributed by atoms with Gasteiger partial charge in [-0.15, -0.1) is 0 Å². The molecule has 0 atom stereocenters. The summed E-state index contributed by atoms with van der Waals surface area (Å²) in [5.74, 6) is 1.90. The van der Waals surface area contributed by atoms with E-state index in [0.29, 0.717) is 24.9 Å². The highest BCUT2D eigenvalue weighted by Gasteiger charge is 2.13. The molecule has 0 radical (unpaired) electrons. The zero-order valence-electron chi connectivity index (χ0n) is 15.4. The summed E-state index contributed by atoms with van der Waals surface area (Å²) in [6.45, 7) is 2.80. The number of fused-ring (bicyclic) bond motifs is 1. The summed E-state index contributed by atoms with van der Waals surface area (Å²) in [5.41, 5.74) is 4.75. The summed E-state index contributed by atoms with van der Waals surface area (Å²) in [5, 5.41) is 7.47. The Bertz CT molecular complexity index is 907. The first-order chi connectivity index (χ1) is 13.3. The van der Waals surface area contributed by atoms with E-state index in [2.05, 4.69) is 33.7 Å². The second kappa shape index (κ2) is 8.33. The predicted octanol–water partition coefficient (Wildman–Crippen LogP) is 3.15. The van der Waals surface area contributed by atoms with Crippen molar-refractivity contribution in [1.82, 2.24) is 15.5 Å². The van der Waals surface area contributed by atoms with Crippen LogP contribution >= 0.6 is 0 Å². The van der Waals surface area contributed by atoms with Gasteiger partial charge in [-0.2, -0.15) is 4.98 Å². The highest BCUT2D eigenvalue weighted by Crippen LogP contribution is 2.23. The van der Waals surface area contributed by atoms with Gasteiger partial charge in [0, 0.05) is 5.56 Å². The van der Waals surface area contributed by atoms with Crippen LogP contribution in [0.1, 0.15) is 22.5 Å². The molecule has 0 bridgehead atoms. The minimum atomic E-state index is 0.301. The summed E-state index contributed by atoms with van der Waals surface area (Å²) in [6.07, 6.45) is 2.08. The van der Waals surface area contributed by atoms with Crippen molar-refractivity contribution in [3.63, 3.8) is 0 Å². The summed E-state index contributed by atoms with van der Waals surface area (Å²) in [6, 6.07) is 14.2. The Balaban J connectivity index is 1.39. The lowest BCUT2D eigenvalue weighted by Crippen LogP contribution is -2.16. The van der Waals surface area contributed by atoms with Crippen LogP contribution in [0.4, 0.5) is 0 Å². The molecule has 1 aromatic heterocycles. The van der Waals surface area contributed by atoms with Crippen LogP contribution in [-0.4, -0.2) is 30.3 Å². The number of nitrogens with one attached hydrogen (secondary N) is 1. The van der Waals surface area contributed by atoms with E-state index in [9.17, 15) is 0 Å². The van der Waals surface area contributed by atoms with E-state index in [1.165, 1.54) is 11.1 Å². The van der Waals surface area contributed by atoms with Crippen LogP contribution in [0.2, 0.25) is 0 Å². The molecule has 1 aliphatic heterocycles. The lowest BCUT2D eigenvalue weighted by atomic mass is 10.00. The van der Waals surface area contributed by atoms with Crippen molar-refractivity contribution in [2.45, 2.75) is 26.1 Å². The molecule has 0 amide bonds. The molecule has 1 aliphatic rings. The third kappa shape index (κ3) is 4.35. The number of hydrogen-bond donors (Lipinski definition) is 1. The van der Waals surface area contributed by atoms with Crippen LogP contribution in [0, 0.1) is 0 Å². The molecule has 0 saturated heterocycles. The Morgan fingerprint density at radius 2 is 1.93 bits per heavy atom. The van der Waals surface area contributed by atoms with Crippen molar-refractivity contribution < 1.29 is 14.0 Å². The van der Waals surface area contributed by atoms with Crippen molar-refractivity contribution in [2.75, 3.05) is 20.2 Å². The average Bonchev–Trinajstić information content (AvgIpc) is 3.05. The molecule has 6 heteroatoms. The zero-order chi connectivity index (χ0) is 18.5. The lowest BCUT2D eigenvalue weighted by Gasteiger charge is -2.05. The van der Waals surface area contributed by atoms with Gasteiger partial charge in [-0.1, -0.05) is 23.4 Å². The minimum absolute atomic E-state index is 0.301. The number of nitrogens with zero attached hydrogens (tertiary/aromatic N) is 2. The smallest absolute Gasteiger partial charge is 0.258 e. The van der Waals surface area contributed by atoms with Crippen LogP contribution < -0.4 is 10.1 Å². The van der Waals surface area contributed by atoms with Crippen LogP contribution in [0.5, 0.6) is 5.75 Å². The number of hydrogen-bond acceptors (Lipinski definition) is 6. The van der Waals surface area contributed by atoms with Gasteiger partial charge in [0.15, 0.2) is 5.82 Å². The van der Waals surface area contributed by atoms with Crippen LogP contribution in [0.25, 0.3) is 11.5 Å². The molecule has 1 N–H and O–H groups in total. The molecule has 2 heterocycles. The maximum Gasteiger partial charge on any atom is 0.258 e. The van der Waals surface area contributed by atoms with Crippen LogP contribution in [-0.2, 0) is 30.8 Å². The SMILES string of the molecule is COc1cccc(COCc2noc(-c3ccc4c(c3)CCNCC4)n2)c1. The fourth-order valence-corrected chi connectivity index (χ4v) is 3.26. The number of ether oxygens (including phenoxy) is 2. The number of benzene rings is 2. The van der Waals surface area contributed by atoms with E-state index in [1.54, 1.807) is 7.11 Å². The molecule has 0 spiro atoms. The zero-order valence-corrected chi connectivity index (χ0v) is 15.4. The Morgan fingerprint density at radius 1 is 1.04 bits per heavy atom. The van der Waals surface area contributed by atoms with E-state index in [-0.39, 0.29) is 0 Å². The molecule has 4 rings (SSSR count). The van der Waals surface area contributed by atoms with Crippen molar-refractivity contribution in [1.29, 1.82) is 0 Å². The van der Waals surface area contributed by atoms with E-state index >= 15 is 0 Å². The van der Waals surface area contributed by atoms with Gasteiger partial charge in [0.05, 0.1) is 13.7 Å². The first kappa shape index (κ1) is 17.7. The first-order valence-corrected chi connectivity index (χ1v) is 9.18. The largest absolute Gasteiger partial charge is 0.497 e. The molecule has 140 valence electrons. The summed E-state index contributed by atoms with van der Waals surface area (Å²) < 4.78 is 16.4. The molecule has 0 fully saturated rings. The maximum atomic E-state index is 5.71. The van der Waals surface area contributed by atoms with Gasteiger partial charge in [0.1, 0.15) is 12.4 Å². The van der Waals surface area contributed by atoms with Gasteiger partial charge >= 0.3 is 0 Å². The monoisotopic (exact) mass is 365 g/mol. The molecule has 0 unspecified atom stereocenters. The van der Waals surface area contributed by atoms with Gasteiger partial charge in [0.25, 0.3) is 5.89 Å². The lowest BCUT2D eigenvalue weighted by molar-refractivity contribution is 0.0998. The Kier molecular flexibility index (Phi) is 5.46. The highest BCUT2D eigenvalue weighted by molar-refractivity contribution is 5.56. The topological polar surface area (TPSA) is 69.4 Å². The first-order valence-electron chi connectivity index (χ1n) is 9.18. The third-order valence-electron chi connectivity index (χ3n) is 4.70. The molecule has 6 nitrogen and oxygen atoms in total. The molecule has 0 aliphatic carbocycles. The summed E-state index contributed by atoms with van der Waals surface area (Å²) >= 11 is 0. The van der Waals surface area contributed by atoms with Crippen molar-refractivity contribution in [3.8, 4) is 17.2 Å². The van der Waals surface area contributed by atoms with Gasteiger partial charge in [-0.3, -0.25) is 0 Å². The predicted molar refractivity (Wildman–Crippen MR) is 101 cm³/mol. The van der Waals surface area contributed by atoms with Crippen LogP contribution in [0.3, 0.4) is 0 Å². The second-order valence-electron chi connectivity index (χ2n) is 6.59. The van der Waals surface area contributed by atoms with E-state index < -0.39 is 0 Å². The van der Waals surface area contributed by atoms with E-state index in [0.717, 1.165) is 42.8 Å². The van der Waals surface area contributed by atoms with Crippen molar-refractivity contribution in [3.05, 3.63) is 65.0 Å². The third-order valence-corrected chi connectivity index (χ3v) is 4.70. The molecule has 0 saturated carbocycles. The van der Waals surface area contributed by atoms with E-state index in [4.69, 9.17) is 14.0 Å². The van der Waals surface area contributed by atoms with Gasteiger partial charge in [0.2, 0.25) is 0 Å². The Hall–Kier alpha value is -2.70. The molecule has 27 heavy (non-hydrogen) atoms. The van der Waals surface area contributed by atoms with Crippen molar-refractivity contribution >= 4 is 0 Å². The number of methoxy groups -OCH3 is 1. The normalized spacial score (nSPS) is 13.8. The fourth-order valence-electron chi connectivity index (χ4n) is 3.26. The number of rotatable bonds is 6. The maximum absolute atomic E-state index is 5.71. The average molecular weight is 365 g/mol. The van der Waals surface area contributed by atoms with E-state index in [1.807, 2.05) is 24.3 Å². The highest BCUT2D eigenvalue weighted by atomic mass is 16.5. The van der Waals surface area contributed by atoms with Gasteiger partial charge < -0.3 is 19.3 Å². The molecular formula is C21H23N3O3. The van der Waals surface area contributed by atoms with Crippen LogP contribution in [0.15, 0.2) is 47.0 Å². The number of aromatic nitrogens is 2. The molecular weight excluding hydrogens is 342 g/mol. The summed E-state index contributed by atoms with van der Waals surface area (Å²) in [4.78, 5) is 4.47. The Labute approximate surface area is 158 Å². The Morgan fingerprint density at radius 3 is 2.81 bits per heavy atom. The van der Waals surface area contributed by atoms with Gasteiger partial charge in [-0.05, 0) is 66.9 Å². The standard InChI is InChI=1S/C21H23N3O3/c1-25-19-4-2-3-15(11-19)13-26-14-20-23-21(27-24-20)18-6-5-16-7-9-22-10-8-17(16)12-18/h2-6,11-12,22H,7-10,13-14H2,1H3. The minimum Gasteiger partial charge on any atom is -0.497 e. The fraction of sp³-hybridized carbons (Fsp3) is 0.333. The summed E-state index contributed by atoms with van der Waals surface area (Å²) in [7, 11) is 1.65. The molecule has 3 aromatic rings. The quantitative estimate of drug-likeness (QED) is 0.724. The van der Waals surface area contributed by atoms with Crippen molar-refractivity contribution in [2.24, 2.45) is 0 Å². The molecule has 2 aromatic carbocycles.